The lowest BCUT2D eigenvalue weighted by Crippen LogP contribution is -2.60. The lowest BCUT2D eigenvalue weighted by molar-refractivity contribution is -0.0665. The third-order valence-corrected chi connectivity index (χ3v) is 6.58. The van der Waals surface area contributed by atoms with Crippen LogP contribution in [0.2, 0.25) is 5.02 Å². The molecule has 0 saturated heterocycles. The zero-order valence-corrected chi connectivity index (χ0v) is 13.9. The van der Waals surface area contributed by atoms with Gasteiger partial charge in [0, 0.05) is 12.6 Å². The molecule has 5 heteroatoms. The molecule has 1 amide bonds. The molecule has 1 aromatic rings. The van der Waals surface area contributed by atoms with Crippen molar-refractivity contribution in [3.63, 3.8) is 0 Å². The van der Waals surface area contributed by atoms with E-state index in [1.54, 1.807) is 11.9 Å². The van der Waals surface area contributed by atoms with Gasteiger partial charge in [0.05, 0.1) is 10.6 Å². The van der Waals surface area contributed by atoms with Crippen LogP contribution in [0.15, 0.2) is 12.1 Å². The van der Waals surface area contributed by atoms with Crippen molar-refractivity contribution in [3.8, 4) is 0 Å². The molecular formula is C18H20ClF2NO. The molecule has 0 unspecified atom stereocenters. The second-order valence-electron chi connectivity index (χ2n) is 7.75. The van der Waals surface area contributed by atoms with Crippen molar-refractivity contribution in [1.29, 1.82) is 0 Å². The molecule has 0 aromatic heterocycles. The quantitative estimate of drug-likeness (QED) is 0.718. The first-order valence-electron chi connectivity index (χ1n) is 8.31. The van der Waals surface area contributed by atoms with Gasteiger partial charge in [0.15, 0.2) is 11.6 Å². The van der Waals surface area contributed by atoms with Gasteiger partial charge in [-0.25, -0.2) is 8.78 Å². The van der Waals surface area contributed by atoms with Gasteiger partial charge in [0.2, 0.25) is 0 Å². The van der Waals surface area contributed by atoms with Crippen molar-refractivity contribution in [2.75, 3.05) is 7.05 Å². The highest BCUT2D eigenvalue weighted by Gasteiger charge is 2.53. The second kappa shape index (κ2) is 5.17. The lowest BCUT2D eigenvalue weighted by Gasteiger charge is -2.59. The van der Waals surface area contributed by atoms with E-state index in [0.29, 0.717) is 17.8 Å². The minimum atomic E-state index is -1.03. The summed E-state index contributed by atoms with van der Waals surface area (Å²) in [7, 11) is 1.80. The van der Waals surface area contributed by atoms with Crippen LogP contribution in [0.1, 0.15) is 48.9 Å². The summed E-state index contributed by atoms with van der Waals surface area (Å²) in [6.07, 6.45) is 6.95. The minimum absolute atomic E-state index is 0.0227. The van der Waals surface area contributed by atoms with E-state index in [-0.39, 0.29) is 22.0 Å². The number of carbonyl (C=O) groups excluding carboxylic acids is 1. The predicted octanol–water partition coefficient (Wildman–Crippen LogP) is 4.66. The first-order chi connectivity index (χ1) is 10.9. The Kier molecular flexibility index (Phi) is 3.45. The predicted molar refractivity (Wildman–Crippen MR) is 84.4 cm³/mol. The van der Waals surface area contributed by atoms with Crippen LogP contribution in [0, 0.1) is 29.4 Å². The fourth-order valence-corrected chi connectivity index (χ4v) is 5.79. The highest BCUT2D eigenvalue weighted by molar-refractivity contribution is 6.33. The van der Waals surface area contributed by atoms with Crippen LogP contribution in [0.25, 0.3) is 0 Å². The van der Waals surface area contributed by atoms with Crippen molar-refractivity contribution in [3.05, 3.63) is 34.4 Å². The van der Waals surface area contributed by atoms with Crippen molar-refractivity contribution in [2.45, 2.75) is 44.1 Å². The Morgan fingerprint density at radius 2 is 1.57 bits per heavy atom. The maximum atomic E-state index is 13.5. The van der Waals surface area contributed by atoms with E-state index in [4.69, 9.17) is 11.6 Å². The van der Waals surface area contributed by atoms with Crippen LogP contribution in [0.4, 0.5) is 8.78 Å². The van der Waals surface area contributed by atoms with Gasteiger partial charge < -0.3 is 4.90 Å². The van der Waals surface area contributed by atoms with Gasteiger partial charge in [0.1, 0.15) is 0 Å². The van der Waals surface area contributed by atoms with E-state index in [1.165, 1.54) is 19.3 Å². The Labute approximate surface area is 139 Å². The first kappa shape index (κ1) is 15.4. The van der Waals surface area contributed by atoms with Crippen LogP contribution < -0.4 is 0 Å². The summed E-state index contributed by atoms with van der Waals surface area (Å²) >= 11 is 5.99. The van der Waals surface area contributed by atoms with Gasteiger partial charge in [0.25, 0.3) is 5.91 Å². The molecule has 23 heavy (non-hydrogen) atoms. The number of halogens is 3. The molecule has 5 rings (SSSR count). The van der Waals surface area contributed by atoms with Crippen molar-refractivity contribution in [1.82, 2.24) is 4.90 Å². The molecular weight excluding hydrogens is 320 g/mol. The molecule has 4 bridgehead atoms. The maximum Gasteiger partial charge on any atom is 0.255 e. The van der Waals surface area contributed by atoms with Crippen molar-refractivity contribution < 1.29 is 13.6 Å². The van der Waals surface area contributed by atoms with E-state index in [1.807, 2.05) is 0 Å². The first-order valence-corrected chi connectivity index (χ1v) is 8.68. The molecule has 0 spiro atoms. The zero-order valence-electron chi connectivity index (χ0n) is 13.1. The largest absolute Gasteiger partial charge is 0.336 e. The smallest absolute Gasteiger partial charge is 0.255 e. The Bertz CT molecular complexity index is 640. The van der Waals surface area contributed by atoms with E-state index >= 15 is 0 Å². The Hall–Kier alpha value is -1.16. The molecule has 124 valence electrons. The molecule has 0 atom stereocenters. The second-order valence-corrected chi connectivity index (χ2v) is 8.16. The summed E-state index contributed by atoms with van der Waals surface area (Å²) in [5.41, 5.74) is -0.0659. The third kappa shape index (κ3) is 2.37. The number of hydrogen-bond acceptors (Lipinski definition) is 1. The van der Waals surface area contributed by atoms with Gasteiger partial charge >= 0.3 is 0 Å². The molecule has 0 N–H and O–H groups in total. The number of amides is 1. The monoisotopic (exact) mass is 339 g/mol. The number of hydrogen-bond donors (Lipinski definition) is 0. The third-order valence-electron chi connectivity index (χ3n) is 6.26. The molecule has 4 fully saturated rings. The van der Waals surface area contributed by atoms with Gasteiger partial charge in [-0.3, -0.25) is 4.79 Å². The summed E-state index contributed by atoms with van der Waals surface area (Å²) in [5.74, 6) is -0.234. The molecule has 0 aliphatic heterocycles. The standard InChI is InChI=1S/C18H20ClF2NO/c1-22(17(23)13-5-15(20)16(21)6-14(13)19)18-7-10-2-11(8-18)4-12(3-10)9-18/h5-6,10-12H,2-4,7-9H2,1H3. The Morgan fingerprint density at radius 3 is 2.09 bits per heavy atom. The zero-order chi connectivity index (χ0) is 16.4. The van der Waals surface area contributed by atoms with E-state index in [2.05, 4.69) is 0 Å². The molecule has 0 heterocycles. The fraction of sp³-hybridized carbons (Fsp3) is 0.611. The van der Waals surface area contributed by atoms with Gasteiger partial charge in [-0.15, -0.1) is 0 Å². The van der Waals surface area contributed by atoms with E-state index in [9.17, 15) is 13.6 Å². The summed E-state index contributed by atoms with van der Waals surface area (Å²) in [6, 6.07) is 1.81. The van der Waals surface area contributed by atoms with Crippen LogP contribution in [0.5, 0.6) is 0 Å². The minimum Gasteiger partial charge on any atom is -0.336 e. The average Bonchev–Trinajstić information content (AvgIpc) is 2.48. The Morgan fingerprint density at radius 1 is 1.09 bits per heavy atom. The molecule has 1 aromatic carbocycles. The number of rotatable bonds is 2. The normalized spacial score (nSPS) is 34.7. The molecule has 4 aliphatic rings. The van der Waals surface area contributed by atoms with Crippen LogP contribution in [-0.4, -0.2) is 23.4 Å². The topological polar surface area (TPSA) is 20.3 Å². The van der Waals surface area contributed by atoms with Crippen LogP contribution in [0.3, 0.4) is 0 Å². The summed E-state index contributed by atoms with van der Waals surface area (Å²) in [5, 5.41) is -0.0227. The number of benzene rings is 1. The van der Waals surface area contributed by atoms with E-state index in [0.717, 1.165) is 31.4 Å². The maximum absolute atomic E-state index is 13.5. The molecule has 4 saturated carbocycles. The average molecular weight is 340 g/mol. The molecule has 2 nitrogen and oxygen atoms in total. The van der Waals surface area contributed by atoms with Crippen molar-refractivity contribution >= 4 is 17.5 Å². The fourth-order valence-electron chi connectivity index (χ4n) is 5.56. The molecule has 4 aliphatic carbocycles. The number of carbonyl (C=O) groups is 1. The lowest BCUT2D eigenvalue weighted by atomic mass is 9.52. The van der Waals surface area contributed by atoms with Gasteiger partial charge in [-0.2, -0.15) is 0 Å². The highest BCUT2D eigenvalue weighted by Crippen LogP contribution is 2.57. The highest BCUT2D eigenvalue weighted by atomic mass is 35.5. The summed E-state index contributed by atoms with van der Waals surface area (Å²) in [6.45, 7) is 0. The summed E-state index contributed by atoms with van der Waals surface area (Å²) in [4.78, 5) is 14.7. The van der Waals surface area contributed by atoms with Crippen LogP contribution >= 0.6 is 11.6 Å². The van der Waals surface area contributed by atoms with E-state index < -0.39 is 11.6 Å². The van der Waals surface area contributed by atoms with Gasteiger partial charge in [-0.1, -0.05) is 11.6 Å². The number of nitrogens with zero attached hydrogens (tertiary/aromatic N) is 1. The van der Waals surface area contributed by atoms with Crippen molar-refractivity contribution in [2.24, 2.45) is 17.8 Å². The Balaban J connectivity index is 1.65. The van der Waals surface area contributed by atoms with Crippen LogP contribution in [-0.2, 0) is 0 Å². The molecule has 0 radical (unpaired) electrons. The SMILES string of the molecule is CN(C(=O)c1cc(F)c(F)cc1Cl)C12CC3CC(CC(C3)C1)C2. The summed E-state index contributed by atoms with van der Waals surface area (Å²) < 4.78 is 26.8. The van der Waals surface area contributed by atoms with Gasteiger partial charge in [-0.05, 0) is 68.4 Å².